The number of aryl methyl sites for hydroxylation is 2. The Morgan fingerprint density at radius 3 is 2.80 bits per heavy atom. The van der Waals surface area contributed by atoms with Crippen LogP contribution in [0.2, 0.25) is 0 Å². The molecule has 0 aliphatic heterocycles. The molecule has 2 rings (SSSR count). The van der Waals surface area contributed by atoms with Crippen molar-refractivity contribution < 1.29 is 0 Å². The van der Waals surface area contributed by atoms with E-state index in [0.29, 0.717) is 5.16 Å². The molecule has 0 amide bonds. The smallest absolute Gasteiger partial charge is 0.189 e. The van der Waals surface area contributed by atoms with Gasteiger partial charge in [0, 0.05) is 0 Å². The van der Waals surface area contributed by atoms with Gasteiger partial charge in [0.25, 0.3) is 0 Å². The van der Waals surface area contributed by atoms with Crippen LogP contribution < -0.4 is 0 Å². The Morgan fingerprint density at radius 1 is 1.33 bits per heavy atom. The van der Waals surface area contributed by atoms with E-state index in [0.717, 1.165) is 21.0 Å². The number of rotatable bonds is 2. The lowest BCUT2D eigenvalue weighted by Gasteiger charge is -2.04. The van der Waals surface area contributed by atoms with Crippen LogP contribution in [0.3, 0.4) is 0 Å². The summed E-state index contributed by atoms with van der Waals surface area (Å²) in [5, 5.41) is 8.11. The fourth-order valence-electron chi connectivity index (χ4n) is 1.07. The van der Waals surface area contributed by atoms with Crippen LogP contribution in [-0.4, -0.2) is 25.1 Å². The van der Waals surface area contributed by atoms with E-state index in [9.17, 15) is 0 Å². The average Bonchev–Trinajstić information content (AvgIpc) is 2.66. The molecule has 7 heteroatoms. The minimum absolute atomic E-state index is 0.716. The molecule has 0 saturated carbocycles. The second-order valence-electron chi connectivity index (χ2n) is 2.87. The number of nitrogens with zero attached hydrogens (tertiary/aromatic N) is 4. The molecule has 5 nitrogen and oxygen atoms in total. The maximum absolute atomic E-state index is 4.33. The summed E-state index contributed by atoms with van der Waals surface area (Å²) in [6, 6.07) is 0. The highest BCUT2D eigenvalue weighted by Crippen LogP contribution is 2.30. The Kier molecular flexibility index (Phi) is 3.01. The van der Waals surface area contributed by atoms with Gasteiger partial charge >= 0.3 is 0 Å². The highest BCUT2D eigenvalue weighted by molar-refractivity contribution is 9.10. The maximum Gasteiger partial charge on any atom is 0.189 e. The van der Waals surface area contributed by atoms with E-state index >= 15 is 0 Å². The predicted molar refractivity (Wildman–Crippen MR) is 59.7 cm³/mol. The highest BCUT2D eigenvalue weighted by Gasteiger charge is 2.10. The Balaban J connectivity index is 2.36. The number of H-pyrrole nitrogens is 1. The molecule has 0 fully saturated rings. The number of hydrogen-bond acceptors (Lipinski definition) is 5. The molecular weight excluding hydrogens is 278 g/mol. The van der Waals surface area contributed by atoms with E-state index in [-0.39, 0.29) is 0 Å². The van der Waals surface area contributed by atoms with E-state index in [1.54, 1.807) is 0 Å². The van der Waals surface area contributed by atoms with Crippen molar-refractivity contribution in [3.63, 3.8) is 0 Å². The molecule has 0 aliphatic carbocycles. The molecule has 15 heavy (non-hydrogen) atoms. The zero-order chi connectivity index (χ0) is 10.8. The molecule has 1 N–H and O–H groups in total. The SMILES string of the molecule is Cc1nc(C)c(Br)c(Sc2ncn[nH]2)n1. The Bertz CT molecular complexity index is 470. The van der Waals surface area contributed by atoms with Crippen molar-refractivity contribution in [1.29, 1.82) is 0 Å². The predicted octanol–water partition coefficient (Wildman–Crippen LogP) is 2.13. The van der Waals surface area contributed by atoms with Crippen LogP contribution in [0.1, 0.15) is 11.5 Å². The maximum atomic E-state index is 4.33. The lowest BCUT2D eigenvalue weighted by atomic mass is 10.4. The Labute approximate surface area is 99.3 Å². The summed E-state index contributed by atoms with van der Waals surface area (Å²) >= 11 is 4.87. The topological polar surface area (TPSA) is 67.3 Å². The second kappa shape index (κ2) is 4.28. The van der Waals surface area contributed by atoms with Crippen molar-refractivity contribution in [2.75, 3.05) is 0 Å². The van der Waals surface area contributed by atoms with E-state index < -0.39 is 0 Å². The van der Waals surface area contributed by atoms with Crippen LogP contribution in [0, 0.1) is 13.8 Å². The summed E-state index contributed by atoms with van der Waals surface area (Å²) in [7, 11) is 0. The van der Waals surface area contributed by atoms with Crippen molar-refractivity contribution >= 4 is 27.7 Å². The van der Waals surface area contributed by atoms with Crippen LogP contribution in [0.4, 0.5) is 0 Å². The largest absolute Gasteiger partial charge is 0.254 e. The number of nitrogens with one attached hydrogen (secondary N) is 1. The van der Waals surface area contributed by atoms with Gasteiger partial charge in [0.05, 0.1) is 10.2 Å². The van der Waals surface area contributed by atoms with Crippen molar-refractivity contribution in [1.82, 2.24) is 25.1 Å². The van der Waals surface area contributed by atoms with Gasteiger partial charge in [-0.1, -0.05) is 0 Å². The van der Waals surface area contributed by atoms with Crippen LogP contribution in [0.25, 0.3) is 0 Å². The molecule has 0 radical (unpaired) electrons. The molecule has 2 aromatic heterocycles. The molecule has 78 valence electrons. The average molecular weight is 286 g/mol. The van der Waals surface area contributed by atoms with Gasteiger partial charge in [-0.3, -0.25) is 5.10 Å². The van der Waals surface area contributed by atoms with E-state index in [2.05, 4.69) is 41.1 Å². The third-order valence-electron chi connectivity index (χ3n) is 1.68. The van der Waals surface area contributed by atoms with Gasteiger partial charge in [0.15, 0.2) is 5.16 Å². The molecule has 0 saturated heterocycles. The highest BCUT2D eigenvalue weighted by atomic mass is 79.9. The van der Waals surface area contributed by atoms with Gasteiger partial charge in [-0.2, -0.15) is 5.10 Å². The van der Waals surface area contributed by atoms with Gasteiger partial charge in [-0.25, -0.2) is 15.0 Å². The van der Waals surface area contributed by atoms with Crippen LogP contribution >= 0.6 is 27.7 Å². The molecule has 2 aromatic rings. The summed E-state index contributed by atoms with van der Waals surface area (Å²) in [5.74, 6) is 0.748. The summed E-state index contributed by atoms with van der Waals surface area (Å²) < 4.78 is 0.898. The third-order valence-corrected chi connectivity index (χ3v) is 3.78. The fourth-order valence-corrected chi connectivity index (χ4v) is 2.29. The van der Waals surface area contributed by atoms with Gasteiger partial charge in [-0.05, 0) is 41.5 Å². The van der Waals surface area contributed by atoms with Gasteiger partial charge in [0.2, 0.25) is 0 Å². The molecule has 0 spiro atoms. The monoisotopic (exact) mass is 285 g/mol. The zero-order valence-electron chi connectivity index (χ0n) is 8.15. The van der Waals surface area contributed by atoms with Gasteiger partial charge in [-0.15, -0.1) is 0 Å². The van der Waals surface area contributed by atoms with Crippen molar-refractivity contribution in [2.24, 2.45) is 0 Å². The van der Waals surface area contributed by atoms with Gasteiger partial charge < -0.3 is 0 Å². The molecule has 0 bridgehead atoms. The van der Waals surface area contributed by atoms with Crippen molar-refractivity contribution in [3.8, 4) is 0 Å². The molecule has 0 aromatic carbocycles. The summed E-state index contributed by atoms with van der Waals surface area (Å²) in [5.41, 5.74) is 0.921. The van der Waals surface area contributed by atoms with Crippen molar-refractivity contribution in [3.05, 3.63) is 22.3 Å². The minimum atomic E-state index is 0.716. The van der Waals surface area contributed by atoms with Crippen LogP contribution in [0.5, 0.6) is 0 Å². The van der Waals surface area contributed by atoms with Crippen molar-refractivity contribution in [2.45, 2.75) is 24.0 Å². The molecular formula is C8H8BrN5S. The minimum Gasteiger partial charge on any atom is -0.254 e. The molecule has 0 aliphatic rings. The lowest BCUT2D eigenvalue weighted by molar-refractivity contribution is 0.908. The fraction of sp³-hybridized carbons (Fsp3) is 0.250. The van der Waals surface area contributed by atoms with Gasteiger partial charge in [0.1, 0.15) is 17.2 Å². The number of aromatic amines is 1. The summed E-state index contributed by atoms with van der Waals surface area (Å²) in [6.07, 6.45) is 1.47. The normalized spacial score (nSPS) is 10.6. The standard InChI is InChI=1S/C8H8BrN5S/c1-4-6(9)7(13-5(2)12-4)15-8-10-3-11-14-8/h3H,1-2H3,(H,10,11,14). The van der Waals surface area contributed by atoms with Crippen LogP contribution in [-0.2, 0) is 0 Å². The lowest BCUT2D eigenvalue weighted by Crippen LogP contribution is -1.95. The van der Waals surface area contributed by atoms with Crippen LogP contribution in [0.15, 0.2) is 21.0 Å². The summed E-state index contributed by atoms with van der Waals surface area (Å²) in [6.45, 7) is 3.80. The Hall–Kier alpha value is -0.950. The third kappa shape index (κ3) is 2.35. The first-order valence-electron chi connectivity index (χ1n) is 4.21. The molecule has 0 unspecified atom stereocenters. The zero-order valence-corrected chi connectivity index (χ0v) is 10.6. The quantitative estimate of drug-likeness (QED) is 0.856. The van der Waals surface area contributed by atoms with E-state index in [1.165, 1.54) is 18.1 Å². The van der Waals surface area contributed by atoms with E-state index in [1.807, 2.05) is 13.8 Å². The second-order valence-corrected chi connectivity index (χ2v) is 4.64. The number of halogens is 1. The summed E-state index contributed by atoms with van der Waals surface area (Å²) in [4.78, 5) is 12.6. The van der Waals surface area contributed by atoms with E-state index in [4.69, 9.17) is 0 Å². The Morgan fingerprint density at radius 2 is 2.13 bits per heavy atom. The number of aromatic nitrogens is 5. The molecule has 2 heterocycles. The number of hydrogen-bond donors (Lipinski definition) is 1. The first-order valence-corrected chi connectivity index (χ1v) is 5.81. The first-order chi connectivity index (χ1) is 7.16. The first kappa shape index (κ1) is 10.6. The molecule has 0 atom stereocenters.